The number of phenols is 1. The lowest BCUT2D eigenvalue weighted by molar-refractivity contribution is -0.132. The van der Waals surface area contributed by atoms with Gasteiger partial charge in [-0.15, -0.1) is 0 Å². The zero-order valence-corrected chi connectivity index (χ0v) is 21.2. The fourth-order valence-corrected chi connectivity index (χ4v) is 4.18. The van der Waals surface area contributed by atoms with Gasteiger partial charge in [0.1, 0.15) is 23.0 Å². The molecule has 1 amide bonds. The summed E-state index contributed by atoms with van der Waals surface area (Å²) in [4.78, 5) is 28.0. The number of hydrogen-bond donors (Lipinski definition) is 2. The van der Waals surface area contributed by atoms with Crippen LogP contribution >= 0.6 is 0 Å². The van der Waals surface area contributed by atoms with Gasteiger partial charge in [-0.05, 0) is 66.4 Å². The number of nitrogens with zero attached hydrogens (tertiary/aromatic N) is 1. The van der Waals surface area contributed by atoms with Gasteiger partial charge in [-0.1, -0.05) is 45.0 Å². The highest BCUT2D eigenvalue weighted by molar-refractivity contribution is 6.51. The molecule has 192 valence electrons. The van der Waals surface area contributed by atoms with Gasteiger partial charge >= 0.3 is 0 Å². The fourth-order valence-electron chi connectivity index (χ4n) is 4.18. The largest absolute Gasteiger partial charge is 0.508 e. The van der Waals surface area contributed by atoms with Gasteiger partial charge in [0, 0.05) is 11.3 Å². The topological polar surface area (TPSA) is 96.3 Å². The third kappa shape index (κ3) is 5.61. The first-order chi connectivity index (χ1) is 17.8. The standard InChI is InChI=1S/C30H31NO6/c1-4-15-36-25-10-6-8-21(17-25)28(33)26-27(20-7-5-9-23(32)16-20)31(30(35)29(26)34)22-11-13-24(14-12-22)37-18-19(2)3/h5-14,16-17,19,27,32-33H,4,15,18H2,1-3H3/b28-26-. The van der Waals surface area contributed by atoms with Crippen LogP contribution < -0.4 is 14.4 Å². The summed E-state index contributed by atoms with van der Waals surface area (Å²) >= 11 is 0. The Morgan fingerprint density at radius 2 is 1.68 bits per heavy atom. The molecule has 0 saturated carbocycles. The van der Waals surface area contributed by atoms with Gasteiger partial charge in [-0.25, -0.2) is 0 Å². The number of hydrogen-bond acceptors (Lipinski definition) is 6. The van der Waals surface area contributed by atoms with Crippen molar-refractivity contribution >= 4 is 23.1 Å². The van der Waals surface area contributed by atoms with E-state index in [9.17, 15) is 19.8 Å². The number of aromatic hydroxyl groups is 1. The summed E-state index contributed by atoms with van der Waals surface area (Å²) in [5.41, 5.74) is 1.24. The molecule has 3 aromatic carbocycles. The summed E-state index contributed by atoms with van der Waals surface area (Å²) in [5, 5.41) is 21.5. The zero-order valence-electron chi connectivity index (χ0n) is 21.2. The van der Waals surface area contributed by atoms with Crippen LogP contribution in [0.1, 0.15) is 44.4 Å². The molecule has 0 aliphatic carbocycles. The number of benzene rings is 3. The predicted molar refractivity (Wildman–Crippen MR) is 142 cm³/mol. The van der Waals surface area contributed by atoms with Crippen molar-refractivity contribution in [2.24, 2.45) is 5.92 Å². The quantitative estimate of drug-likeness (QED) is 0.217. The Hall–Kier alpha value is -4.26. The van der Waals surface area contributed by atoms with Gasteiger partial charge < -0.3 is 19.7 Å². The van der Waals surface area contributed by atoms with E-state index < -0.39 is 17.7 Å². The van der Waals surface area contributed by atoms with Crippen molar-refractivity contribution in [2.45, 2.75) is 33.2 Å². The van der Waals surface area contributed by atoms with E-state index in [0.717, 1.165) is 6.42 Å². The Morgan fingerprint density at radius 3 is 2.35 bits per heavy atom. The molecule has 1 saturated heterocycles. The van der Waals surface area contributed by atoms with Crippen LogP contribution in [-0.2, 0) is 9.59 Å². The Balaban J connectivity index is 1.80. The van der Waals surface area contributed by atoms with Crippen molar-refractivity contribution in [2.75, 3.05) is 18.1 Å². The van der Waals surface area contributed by atoms with Crippen LogP contribution in [-0.4, -0.2) is 35.1 Å². The minimum Gasteiger partial charge on any atom is -0.508 e. The molecule has 4 rings (SSSR count). The molecule has 2 N–H and O–H groups in total. The number of Topliss-reactive ketones (excluding diaryl/α,β-unsaturated/α-hetero) is 1. The summed E-state index contributed by atoms with van der Waals surface area (Å²) in [7, 11) is 0. The molecule has 1 atom stereocenters. The Labute approximate surface area is 216 Å². The van der Waals surface area contributed by atoms with E-state index in [1.807, 2.05) is 6.92 Å². The molecule has 1 aliphatic heterocycles. The lowest BCUT2D eigenvalue weighted by atomic mass is 9.95. The molecule has 0 bridgehead atoms. The molecule has 0 spiro atoms. The number of rotatable bonds is 9. The van der Waals surface area contributed by atoms with Crippen LogP contribution in [0, 0.1) is 5.92 Å². The number of amides is 1. The summed E-state index contributed by atoms with van der Waals surface area (Å²) in [6, 6.07) is 19.0. The molecule has 7 heteroatoms. The van der Waals surface area contributed by atoms with Crippen molar-refractivity contribution in [3.63, 3.8) is 0 Å². The smallest absolute Gasteiger partial charge is 0.300 e. The molecule has 37 heavy (non-hydrogen) atoms. The molecule has 7 nitrogen and oxygen atoms in total. The van der Waals surface area contributed by atoms with E-state index in [4.69, 9.17) is 9.47 Å². The van der Waals surface area contributed by atoms with Crippen LogP contribution in [0.25, 0.3) is 5.76 Å². The van der Waals surface area contributed by atoms with Crippen LogP contribution in [0.15, 0.2) is 78.4 Å². The lowest BCUT2D eigenvalue weighted by Gasteiger charge is -2.25. The van der Waals surface area contributed by atoms with E-state index >= 15 is 0 Å². The third-order valence-electron chi connectivity index (χ3n) is 5.91. The first-order valence-corrected chi connectivity index (χ1v) is 12.4. The fraction of sp³-hybridized carbons (Fsp3) is 0.267. The first-order valence-electron chi connectivity index (χ1n) is 12.4. The second kappa shape index (κ2) is 11.2. The molecule has 1 heterocycles. The van der Waals surface area contributed by atoms with Gasteiger partial charge in [0.2, 0.25) is 0 Å². The summed E-state index contributed by atoms with van der Waals surface area (Å²) in [5.74, 6) is -0.370. The van der Waals surface area contributed by atoms with E-state index in [1.165, 1.54) is 17.0 Å². The number of aliphatic hydroxyl groups is 1. The predicted octanol–water partition coefficient (Wildman–Crippen LogP) is 5.84. The van der Waals surface area contributed by atoms with Crippen molar-refractivity contribution in [3.05, 3.63) is 89.5 Å². The molecular weight excluding hydrogens is 470 g/mol. The maximum Gasteiger partial charge on any atom is 0.300 e. The maximum atomic E-state index is 13.3. The van der Waals surface area contributed by atoms with Gasteiger partial charge in [0.15, 0.2) is 0 Å². The summed E-state index contributed by atoms with van der Waals surface area (Å²) < 4.78 is 11.4. The number of carbonyl (C=O) groups excluding carboxylic acids is 2. The van der Waals surface area contributed by atoms with Crippen LogP contribution in [0.4, 0.5) is 5.69 Å². The normalized spacial score (nSPS) is 16.9. The molecule has 1 unspecified atom stereocenters. The van der Waals surface area contributed by atoms with Crippen LogP contribution in [0.2, 0.25) is 0 Å². The number of aliphatic hydroxyl groups excluding tert-OH is 1. The van der Waals surface area contributed by atoms with Crippen molar-refractivity contribution < 1.29 is 29.3 Å². The van der Waals surface area contributed by atoms with Crippen molar-refractivity contribution in [3.8, 4) is 17.2 Å². The van der Waals surface area contributed by atoms with Crippen molar-refractivity contribution in [1.29, 1.82) is 0 Å². The molecule has 3 aromatic rings. The summed E-state index contributed by atoms with van der Waals surface area (Å²) in [6.07, 6.45) is 0.820. The molecule has 1 fully saturated rings. The Kier molecular flexibility index (Phi) is 7.82. The third-order valence-corrected chi connectivity index (χ3v) is 5.91. The molecule has 0 radical (unpaired) electrons. The van der Waals surface area contributed by atoms with Gasteiger partial charge in [0.05, 0.1) is 24.8 Å². The van der Waals surface area contributed by atoms with Crippen LogP contribution in [0.5, 0.6) is 17.2 Å². The van der Waals surface area contributed by atoms with E-state index in [0.29, 0.717) is 47.4 Å². The number of ether oxygens (including phenoxy) is 2. The average Bonchev–Trinajstić information content (AvgIpc) is 3.16. The minimum absolute atomic E-state index is 0.0181. The van der Waals surface area contributed by atoms with Gasteiger partial charge in [-0.2, -0.15) is 0 Å². The van der Waals surface area contributed by atoms with Crippen LogP contribution in [0.3, 0.4) is 0 Å². The maximum absolute atomic E-state index is 13.3. The lowest BCUT2D eigenvalue weighted by Crippen LogP contribution is -2.29. The van der Waals surface area contributed by atoms with Crippen molar-refractivity contribution in [1.82, 2.24) is 0 Å². The Bertz CT molecular complexity index is 1310. The minimum atomic E-state index is -0.949. The zero-order chi connectivity index (χ0) is 26.5. The van der Waals surface area contributed by atoms with E-state index in [-0.39, 0.29) is 17.1 Å². The monoisotopic (exact) mass is 501 g/mol. The van der Waals surface area contributed by atoms with E-state index in [2.05, 4.69) is 13.8 Å². The van der Waals surface area contributed by atoms with Gasteiger partial charge in [0.25, 0.3) is 11.7 Å². The van der Waals surface area contributed by atoms with Gasteiger partial charge in [-0.3, -0.25) is 14.5 Å². The summed E-state index contributed by atoms with van der Waals surface area (Å²) in [6.45, 7) is 7.15. The number of anilines is 1. The number of carbonyl (C=O) groups is 2. The highest BCUT2D eigenvalue weighted by Crippen LogP contribution is 2.43. The second-order valence-corrected chi connectivity index (χ2v) is 9.34. The average molecular weight is 502 g/mol. The number of ketones is 1. The molecule has 0 aromatic heterocycles. The molecule has 1 aliphatic rings. The highest BCUT2D eigenvalue weighted by atomic mass is 16.5. The van der Waals surface area contributed by atoms with E-state index in [1.54, 1.807) is 60.7 Å². The first kappa shape index (κ1) is 25.8. The SMILES string of the molecule is CCCOc1cccc(/C(O)=C2/C(=O)C(=O)N(c3ccc(OCC(C)C)cc3)C2c2cccc(O)c2)c1. The number of phenolic OH excluding ortho intramolecular Hbond substituents is 1. The molecular formula is C30H31NO6. The highest BCUT2D eigenvalue weighted by Gasteiger charge is 2.47. The Morgan fingerprint density at radius 1 is 0.946 bits per heavy atom. The second-order valence-electron chi connectivity index (χ2n) is 9.34.